The molecule has 4 rings (SSSR count). The van der Waals surface area contributed by atoms with Gasteiger partial charge in [-0.05, 0) is 23.8 Å². The van der Waals surface area contributed by atoms with Gasteiger partial charge in [-0.3, -0.25) is 0 Å². The average molecular weight is 452 g/mol. The molecule has 4 aromatic rings. The molecule has 1 aromatic heterocycles. The molecule has 0 fully saturated rings. The summed E-state index contributed by atoms with van der Waals surface area (Å²) in [6, 6.07) is 23.7. The molecule has 4 N–H and O–H groups in total. The third kappa shape index (κ3) is 3.94. The number of anilines is 3. The second-order valence-corrected chi connectivity index (χ2v) is 7.32. The molecule has 34 heavy (non-hydrogen) atoms. The van der Waals surface area contributed by atoms with E-state index in [0.29, 0.717) is 11.4 Å². The molecule has 1 heterocycles. The van der Waals surface area contributed by atoms with Crippen molar-refractivity contribution in [2.45, 2.75) is 0 Å². The molecule has 0 radical (unpaired) electrons. The largest absolute Gasteiger partial charge is 0.478 e. The van der Waals surface area contributed by atoms with E-state index >= 15 is 0 Å². The standard InChI is InChI=1S/C26H20N4O4/c1-34-26(33)24-22(28)17(14-27)15-30(24)21-13-7-11-19(25(31)32)23(21)29-20-12-6-5-10-18(20)16-8-3-2-4-9-16/h2-13,15,29H,28H2,1H3,(H,31,32). The monoisotopic (exact) mass is 452 g/mol. The number of nitrogens with one attached hydrogen (secondary N) is 1. The van der Waals surface area contributed by atoms with Crippen LogP contribution in [0.1, 0.15) is 26.4 Å². The van der Waals surface area contributed by atoms with Gasteiger partial charge in [0.1, 0.15) is 6.07 Å². The molecular formula is C26H20N4O4. The molecule has 0 aliphatic carbocycles. The van der Waals surface area contributed by atoms with E-state index < -0.39 is 11.9 Å². The van der Waals surface area contributed by atoms with Crippen molar-refractivity contribution in [3.63, 3.8) is 0 Å². The molecule has 0 atom stereocenters. The van der Waals surface area contributed by atoms with E-state index in [9.17, 15) is 20.0 Å². The Balaban J connectivity index is 1.96. The van der Waals surface area contributed by atoms with Gasteiger partial charge in [0.15, 0.2) is 5.69 Å². The van der Waals surface area contributed by atoms with Crippen LogP contribution in [0.5, 0.6) is 0 Å². The van der Waals surface area contributed by atoms with E-state index in [1.165, 1.54) is 23.9 Å². The maximum atomic E-state index is 12.5. The Hall–Kier alpha value is -5.03. The molecule has 3 aromatic carbocycles. The van der Waals surface area contributed by atoms with Crippen LogP contribution in [0.15, 0.2) is 79.0 Å². The molecule has 0 spiro atoms. The molecule has 168 valence electrons. The van der Waals surface area contributed by atoms with Gasteiger partial charge in [0.25, 0.3) is 0 Å². The summed E-state index contributed by atoms with van der Waals surface area (Å²) in [6.45, 7) is 0. The molecule has 0 saturated carbocycles. The quantitative estimate of drug-likeness (QED) is 0.357. The van der Waals surface area contributed by atoms with Crippen LogP contribution in [0.25, 0.3) is 16.8 Å². The van der Waals surface area contributed by atoms with Crippen LogP contribution >= 0.6 is 0 Å². The molecule has 8 nitrogen and oxygen atoms in total. The van der Waals surface area contributed by atoms with Gasteiger partial charge < -0.3 is 25.5 Å². The zero-order valence-corrected chi connectivity index (χ0v) is 18.1. The summed E-state index contributed by atoms with van der Waals surface area (Å²) in [5.41, 5.74) is 8.96. The fourth-order valence-electron chi connectivity index (χ4n) is 3.75. The minimum atomic E-state index is -1.17. The number of aromatic nitrogens is 1. The summed E-state index contributed by atoms with van der Waals surface area (Å²) < 4.78 is 6.24. The van der Waals surface area contributed by atoms with Crippen molar-refractivity contribution in [3.8, 4) is 22.9 Å². The number of aromatic carboxylic acids is 1. The summed E-state index contributed by atoms with van der Waals surface area (Å²) in [5.74, 6) is -1.92. The SMILES string of the molecule is COC(=O)c1c(N)c(C#N)cn1-c1cccc(C(=O)O)c1Nc1ccccc1-c1ccccc1. The predicted molar refractivity (Wildman–Crippen MR) is 128 cm³/mol. The van der Waals surface area contributed by atoms with Gasteiger partial charge in [0.2, 0.25) is 0 Å². The van der Waals surface area contributed by atoms with Crippen LogP contribution < -0.4 is 11.1 Å². The van der Waals surface area contributed by atoms with Gasteiger partial charge >= 0.3 is 11.9 Å². The van der Waals surface area contributed by atoms with Crippen LogP contribution in [-0.2, 0) is 4.74 Å². The van der Waals surface area contributed by atoms with Crippen molar-refractivity contribution in [1.82, 2.24) is 4.57 Å². The van der Waals surface area contributed by atoms with Gasteiger partial charge in [-0.15, -0.1) is 0 Å². The number of benzene rings is 3. The summed E-state index contributed by atoms with van der Waals surface area (Å²) in [7, 11) is 1.20. The second-order valence-electron chi connectivity index (χ2n) is 7.32. The predicted octanol–water partition coefficient (Wildman–Crippen LogP) is 4.83. The van der Waals surface area contributed by atoms with Gasteiger partial charge in [-0.2, -0.15) is 5.26 Å². The number of carbonyl (C=O) groups excluding carboxylic acids is 1. The second kappa shape index (κ2) is 9.22. The zero-order chi connectivity index (χ0) is 24.2. The summed E-state index contributed by atoms with van der Waals surface area (Å²) in [6.07, 6.45) is 1.39. The number of para-hydroxylation sites is 2. The fraction of sp³-hybridized carbons (Fsp3) is 0.0385. The van der Waals surface area contributed by atoms with Crippen molar-refractivity contribution in [2.75, 3.05) is 18.2 Å². The molecule has 0 aliphatic rings. The summed E-state index contributed by atoms with van der Waals surface area (Å²) >= 11 is 0. The van der Waals surface area contributed by atoms with Crippen molar-refractivity contribution < 1.29 is 19.4 Å². The van der Waals surface area contributed by atoms with E-state index in [4.69, 9.17) is 10.5 Å². The van der Waals surface area contributed by atoms with Crippen LogP contribution in [-0.4, -0.2) is 28.7 Å². The number of hydrogen-bond acceptors (Lipinski definition) is 6. The van der Waals surface area contributed by atoms with E-state index in [0.717, 1.165) is 11.1 Å². The Labute approximate surface area is 195 Å². The van der Waals surface area contributed by atoms with E-state index in [1.54, 1.807) is 12.1 Å². The number of methoxy groups -OCH3 is 1. The Morgan fingerprint density at radius 2 is 1.74 bits per heavy atom. The first-order chi connectivity index (χ1) is 16.5. The molecule has 0 unspecified atom stereocenters. The smallest absolute Gasteiger partial charge is 0.357 e. The first-order valence-corrected chi connectivity index (χ1v) is 10.2. The fourth-order valence-corrected chi connectivity index (χ4v) is 3.75. The molecule has 0 saturated heterocycles. The lowest BCUT2D eigenvalue weighted by molar-refractivity contribution is 0.0592. The summed E-state index contributed by atoms with van der Waals surface area (Å²) in [4.78, 5) is 24.7. The molecule has 0 aliphatic heterocycles. The number of rotatable bonds is 6. The Kier molecular flexibility index (Phi) is 6.01. The number of nitriles is 1. The Bertz CT molecular complexity index is 1440. The number of ether oxygens (including phenoxy) is 1. The number of carboxylic acid groups (broad SMARTS) is 1. The first kappa shape index (κ1) is 22.2. The number of nitrogens with two attached hydrogens (primary N) is 1. The van der Waals surface area contributed by atoms with E-state index in [1.807, 2.05) is 60.7 Å². The van der Waals surface area contributed by atoms with Gasteiger partial charge in [-0.1, -0.05) is 54.6 Å². The van der Waals surface area contributed by atoms with E-state index in [2.05, 4.69) is 5.32 Å². The van der Waals surface area contributed by atoms with Gasteiger partial charge in [-0.25, -0.2) is 9.59 Å². The van der Waals surface area contributed by atoms with Crippen molar-refractivity contribution in [3.05, 3.63) is 95.8 Å². The summed E-state index contributed by atoms with van der Waals surface area (Å²) in [5, 5.41) is 22.6. The van der Waals surface area contributed by atoms with Gasteiger partial charge in [0, 0.05) is 17.4 Å². The highest BCUT2D eigenvalue weighted by atomic mass is 16.5. The maximum Gasteiger partial charge on any atom is 0.357 e. The number of carboxylic acids is 1. The number of nitrogen functional groups attached to an aromatic ring is 1. The third-order valence-corrected chi connectivity index (χ3v) is 5.35. The molecule has 0 amide bonds. The van der Waals surface area contributed by atoms with Crippen molar-refractivity contribution >= 4 is 29.0 Å². The van der Waals surface area contributed by atoms with Crippen LogP contribution in [0.3, 0.4) is 0 Å². The van der Waals surface area contributed by atoms with Crippen LogP contribution in [0, 0.1) is 11.3 Å². The lowest BCUT2D eigenvalue weighted by Crippen LogP contribution is -2.14. The lowest BCUT2D eigenvalue weighted by atomic mass is 10.0. The number of carbonyl (C=O) groups is 2. The van der Waals surface area contributed by atoms with Gasteiger partial charge in [0.05, 0.1) is 35.3 Å². The molecule has 8 heteroatoms. The van der Waals surface area contributed by atoms with E-state index in [-0.39, 0.29) is 28.2 Å². The van der Waals surface area contributed by atoms with Crippen molar-refractivity contribution in [2.24, 2.45) is 0 Å². The third-order valence-electron chi connectivity index (χ3n) is 5.35. The minimum Gasteiger partial charge on any atom is -0.478 e. The number of nitrogens with zero attached hydrogens (tertiary/aromatic N) is 2. The minimum absolute atomic E-state index is 0.0260. The first-order valence-electron chi connectivity index (χ1n) is 10.2. The normalized spacial score (nSPS) is 10.4. The average Bonchev–Trinajstić information content (AvgIpc) is 3.20. The van der Waals surface area contributed by atoms with Crippen molar-refractivity contribution in [1.29, 1.82) is 5.26 Å². The highest BCUT2D eigenvalue weighted by molar-refractivity contribution is 6.01. The van der Waals surface area contributed by atoms with Crippen LogP contribution in [0.2, 0.25) is 0 Å². The maximum absolute atomic E-state index is 12.5. The Morgan fingerprint density at radius 3 is 2.41 bits per heavy atom. The molecule has 0 bridgehead atoms. The van der Waals surface area contributed by atoms with Crippen LogP contribution in [0.4, 0.5) is 17.1 Å². The molecular weight excluding hydrogens is 432 g/mol. The Morgan fingerprint density at radius 1 is 1.03 bits per heavy atom. The number of hydrogen-bond donors (Lipinski definition) is 3. The topological polar surface area (TPSA) is 130 Å². The number of esters is 1. The zero-order valence-electron chi connectivity index (χ0n) is 18.1. The highest BCUT2D eigenvalue weighted by Gasteiger charge is 2.25. The lowest BCUT2D eigenvalue weighted by Gasteiger charge is -2.19. The highest BCUT2D eigenvalue weighted by Crippen LogP contribution is 2.36.